The summed E-state index contributed by atoms with van der Waals surface area (Å²) in [6.45, 7) is 6.06. The third-order valence-corrected chi connectivity index (χ3v) is 1.90. The third kappa shape index (κ3) is 1.99. The number of hydrogen-bond acceptors (Lipinski definition) is 3. The zero-order chi connectivity index (χ0) is 9.84. The lowest BCUT2D eigenvalue weighted by molar-refractivity contribution is 0.655. The van der Waals surface area contributed by atoms with Gasteiger partial charge in [-0.25, -0.2) is 5.43 Å². The van der Waals surface area contributed by atoms with Crippen LogP contribution in [0.2, 0.25) is 0 Å². The molecule has 2 rings (SSSR count). The van der Waals surface area contributed by atoms with E-state index in [1.54, 1.807) is 0 Å². The van der Waals surface area contributed by atoms with E-state index in [1.165, 1.54) is 5.56 Å². The topological polar surface area (TPSA) is 50.1 Å². The van der Waals surface area contributed by atoms with Crippen molar-refractivity contribution in [2.75, 3.05) is 5.43 Å². The normalized spacial score (nSPS) is 18.3. The average molecular weight is 179 g/mol. The molecule has 1 heterocycles. The Balaban J connectivity index is 0.000000396. The highest BCUT2D eigenvalue weighted by Gasteiger charge is 2.16. The summed E-state index contributed by atoms with van der Waals surface area (Å²) in [6.07, 6.45) is -0.0649. The SMILES string of the molecule is CC.Cc1ccc2c(c1)C(N)NN2. The van der Waals surface area contributed by atoms with Gasteiger partial charge in [0.05, 0.1) is 5.69 Å². The van der Waals surface area contributed by atoms with Crippen molar-refractivity contribution in [3.63, 3.8) is 0 Å². The second-order valence-electron chi connectivity index (χ2n) is 2.84. The first-order chi connectivity index (χ1) is 6.27. The van der Waals surface area contributed by atoms with Crippen LogP contribution < -0.4 is 16.6 Å². The summed E-state index contributed by atoms with van der Waals surface area (Å²) < 4.78 is 0. The van der Waals surface area contributed by atoms with Crippen LogP contribution in [0.3, 0.4) is 0 Å². The predicted octanol–water partition coefficient (Wildman–Crippen LogP) is 1.91. The molecule has 1 atom stereocenters. The molecular formula is C10H17N3. The first-order valence-electron chi connectivity index (χ1n) is 4.65. The summed E-state index contributed by atoms with van der Waals surface area (Å²) in [4.78, 5) is 0. The maximum absolute atomic E-state index is 5.74. The van der Waals surface area contributed by atoms with Crippen molar-refractivity contribution in [1.29, 1.82) is 0 Å². The number of aryl methyl sites for hydroxylation is 1. The van der Waals surface area contributed by atoms with Crippen molar-refractivity contribution in [1.82, 2.24) is 5.43 Å². The fourth-order valence-electron chi connectivity index (χ4n) is 1.29. The average Bonchev–Trinajstić information content (AvgIpc) is 2.52. The lowest BCUT2D eigenvalue weighted by Gasteiger charge is -2.01. The second kappa shape index (κ2) is 4.25. The molecule has 72 valence electrons. The molecule has 1 aliphatic rings. The van der Waals surface area contributed by atoms with Gasteiger partial charge in [0.2, 0.25) is 0 Å². The summed E-state index contributed by atoms with van der Waals surface area (Å²) >= 11 is 0. The van der Waals surface area contributed by atoms with Crippen LogP contribution in [0.25, 0.3) is 0 Å². The highest BCUT2D eigenvalue weighted by Crippen LogP contribution is 2.25. The van der Waals surface area contributed by atoms with Gasteiger partial charge in [0.1, 0.15) is 6.17 Å². The number of hydrogen-bond donors (Lipinski definition) is 3. The fraction of sp³-hybridized carbons (Fsp3) is 0.400. The van der Waals surface area contributed by atoms with Crippen LogP contribution in [0, 0.1) is 6.92 Å². The predicted molar refractivity (Wildman–Crippen MR) is 56.2 cm³/mol. The van der Waals surface area contributed by atoms with Crippen molar-refractivity contribution in [2.24, 2.45) is 5.73 Å². The third-order valence-electron chi connectivity index (χ3n) is 1.90. The van der Waals surface area contributed by atoms with Gasteiger partial charge in [-0.15, -0.1) is 0 Å². The van der Waals surface area contributed by atoms with Crippen LogP contribution in [0.5, 0.6) is 0 Å². The van der Waals surface area contributed by atoms with Gasteiger partial charge in [-0.1, -0.05) is 31.5 Å². The number of nitrogens with two attached hydrogens (primary N) is 1. The Hall–Kier alpha value is -1.06. The number of fused-ring (bicyclic) bond motifs is 1. The van der Waals surface area contributed by atoms with Crippen LogP contribution in [0.15, 0.2) is 18.2 Å². The van der Waals surface area contributed by atoms with E-state index in [0.717, 1.165) is 11.3 Å². The zero-order valence-electron chi connectivity index (χ0n) is 8.39. The van der Waals surface area contributed by atoms with E-state index in [2.05, 4.69) is 29.9 Å². The molecule has 0 radical (unpaired) electrons. The molecule has 1 aliphatic heterocycles. The molecule has 0 aliphatic carbocycles. The summed E-state index contributed by atoms with van der Waals surface area (Å²) in [6, 6.07) is 6.18. The Morgan fingerprint density at radius 3 is 2.69 bits per heavy atom. The van der Waals surface area contributed by atoms with E-state index in [9.17, 15) is 0 Å². The molecule has 3 nitrogen and oxygen atoms in total. The van der Waals surface area contributed by atoms with Gasteiger partial charge >= 0.3 is 0 Å². The number of rotatable bonds is 0. The molecule has 13 heavy (non-hydrogen) atoms. The number of nitrogens with one attached hydrogen (secondary N) is 2. The van der Waals surface area contributed by atoms with Crippen molar-refractivity contribution < 1.29 is 0 Å². The van der Waals surface area contributed by atoms with Gasteiger partial charge in [-0.3, -0.25) is 0 Å². The molecule has 0 bridgehead atoms. The quantitative estimate of drug-likeness (QED) is 0.570. The van der Waals surface area contributed by atoms with Crippen LogP contribution in [0.1, 0.15) is 31.1 Å². The molecule has 0 saturated heterocycles. The van der Waals surface area contributed by atoms with Crippen LogP contribution in [-0.2, 0) is 0 Å². The summed E-state index contributed by atoms with van der Waals surface area (Å²) in [7, 11) is 0. The molecule has 0 amide bonds. The molecule has 3 heteroatoms. The lowest BCUT2D eigenvalue weighted by atomic mass is 10.1. The van der Waals surface area contributed by atoms with Crippen molar-refractivity contribution in [3.05, 3.63) is 29.3 Å². The molecular weight excluding hydrogens is 162 g/mol. The highest BCUT2D eigenvalue weighted by atomic mass is 15.4. The van der Waals surface area contributed by atoms with Gasteiger partial charge in [0, 0.05) is 5.56 Å². The van der Waals surface area contributed by atoms with Gasteiger partial charge in [-0.2, -0.15) is 0 Å². The Labute approximate surface area is 79.3 Å². The van der Waals surface area contributed by atoms with Crippen LogP contribution in [-0.4, -0.2) is 0 Å². The Kier molecular flexibility index (Phi) is 3.28. The van der Waals surface area contributed by atoms with Gasteiger partial charge in [0.15, 0.2) is 0 Å². The highest BCUT2D eigenvalue weighted by molar-refractivity contribution is 5.56. The van der Waals surface area contributed by atoms with E-state index >= 15 is 0 Å². The molecule has 0 aromatic heterocycles. The minimum Gasteiger partial charge on any atom is -0.319 e. The van der Waals surface area contributed by atoms with Gasteiger partial charge in [-0.05, 0) is 13.0 Å². The molecule has 4 N–H and O–H groups in total. The maximum atomic E-state index is 5.74. The molecule has 1 aromatic rings. The van der Waals surface area contributed by atoms with Gasteiger partial charge in [0.25, 0.3) is 0 Å². The van der Waals surface area contributed by atoms with E-state index in [4.69, 9.17) is 5.73 Å². The summed E-state index contributed by atoms with van der Waals surface area (Å²) in [5.74, 6) is 0. The standard InChI is InChI=1S/C8H11N3.C2H6/c1-5-2-3-7-6(4-5)8(9)11-10-7;1-2/h2-4,8,10-11H,9H2,1H3;1-2H3. The summed E-state index contributed by atoms with van der Waals surface area (Å²) in [5, 5.41) is 0. The zero-order valence-corrected chi connectivity index (χ0v) is 8.39. The first-order valence-corrected chi connectivity index (χ1v) is 4.65. The Morgan fingerprint density at radius 2 is 2.00 bits per heavy atom. The number of hydrazine groups is 1. The second-order valence-corrected chi connectivity index (χ2v) is 2.84. The van der Waals surface area contributed by atoms with Crippen LogP contribution >= 0.6 is 0 Å². The first kappa shape index (κ1) is 10.0. The fourth-order valence-corrected chi connectivity index (χ4v) is 1.29. The van der Waals surface area contributed by atoms with Crippen molar-refractivity contribution in [3.8, 4) is 0 Å². The van der Waals surface area contributed by atoms with E-state index < -0.39 is 0 Å². The molecule has 0 saturated carbocycles. The van der Waals surface area contributed by atoms with Crippen molar-refractivity contribution in [2.45, 2.75) is 26.9 Å². The van der Waals surface area contributed by atoms with E-state index in [-0.39, 0.29) is 6.17 Å². The molecule has 0 fully saturated rings. The maximum Gasteiger partial charge on any atom is 0.100 e. The number of anilines is 1. The minimum absolute atomic E-state index is 0.0649. The van der Waals surface area contributed by atoms with E-state index in [1.807, 2.05) is 19.9 Å². The minimum atomic E-state index is -0.0649. The lowest BCUT2D eigenvalue weighted by Crippen LogP contribution is -2.25. The van der Waals surface area contributed by atoms with Crippen LogP contribution in [0.4, 0.5) is 5.69 Å². The van der Waals surface area contributed by atoms with Crippen molar-refractivity contribution >= 4 is 5.69 Å². The molecule has 0 spiro atoms. The summed E-state index contributed by atoms with van der Waals surface area (Å²) in [5.41, 5.74) is 15.2. The van der Waals surface area contributed by atoms with Gasteiger partial charge < -0.3 is 11.2 Å². The monoisotopic (exact) mass is 179 g/mol. The molecule has 1 unspecified atom stereocenters. The largest absolute Gasteiger partial charge is 0.319 e. The molecule has 1 aromatic carbocycles. The number of benzene rings is 1. The van der Waals surface area contributed by atoms with E-state index in [0.29, 0.717) is 0 Å². The Morgan fingerprint density at radius 1 is 1.31 bits per heavy atom. The smallest absolute Gasteiger partial charge is 0.100 e. The Bertz CT molecular complexity index is 283.